The molecule has 0 aliphatic rings. The van der Waals surface area contributed by atoms with Crippen LogP contribution in [0.1, 0.15) is 22.3 Å². The minimum atomic E-state index is -0.0224. The van der Waals surface area contributed by atoms with Gasteiger partial charge in [0.15, 0.2) is 5.78 Å². The third-order valence-corrected chi connectivity index (χ3v) is 3.78. The average molecular weight is 322 g/mol. The zero-order chi connectivity index (χ0) is 15.2. The van der Waals surface area contributed by atoms with E-state index >= 15 is 0 Å². The Kier molecular flexibility index (Phi) is 5.66. The summed E-state index contributed by atoms with van der Waals surface area (Å²) in [6.45, 7) is 0.792. The Bertz CT molecular complexity index is 613. The molecule has 2 aromatic carbocycles. The maximum atomic E-state index is 12.7. The lowest BCUT2D eigenvalue weighted by atomic mass is 10.0. The van der Waals surface area contributed by atoms with E-state index in [0.717, 1.165) is 18.7 Å². The number of anilines is 1. The number of hydrogen-bond donors (Lipinski definition) is 0. The van der Waals surface area contributed by atoms with Crippen molar-refractivity contribution in [2.24, 2.45) is 0 Å². The molecule has 4 heteroatoms. The molecule has 0 amide bonds. The zero-order valence-corrected chi connectivity index (χ0v) is 13.4. The molecule has 0 aliphatic heterocycles. The summed E-state index contributed by atoms with van der Waals surface area (Å²) in [4.78, 5) is 14.7. The van der Waals surface area contributed by atoms with Crippen LogP contribution in [0.2, 0.25) is 5.02 Å². The highest BCUT2D eigenvalue weighted by molar-refractivity contribution is 6.31. The van der Waals surface area contributed by atoms with Gasteiger partial charge in [-0.2, -0.15) is 0 Å². The van der Waals surface area contributed by atoms with E-state index < -0.39 is 0 Å². The lowest BCUT2D eigenvalue weighted by Gasteiger charge is -2.22. The molecule has 0 N–H and O–H groups in total. The van der Waals surface area contributed by atoms with Crippen LogP contribution in [-0.2, 0) is 0 Å². The van der Waals surface area contributed by atoms with E-state index in [4.69, 9.17) is 23.2 Å². The summed E-state index contributed by atoms with van der Waals surface area (Å²) in [6.07, 6.45) is 0.861. The molecular weight excluding hydrogens is 305 g/mol. The van der Waals surface area contributed by atoms with E-state index in [1.807, 2.05) is 48.3 Å². The first kappa shape index (κ1) is 15.9. The lowest BCUT2D eigenvalue weighted by Crippen LogP contribution is -2.21. The Morgan fingerprint density at radius 2 is 1.86 bits per heavy atom. The number of ketones is 1. The van der Waals surface area contributed by atoms with Crippen molar-refractivity contribution in [1.82, 2.24) is 0 Å². The molecular formula is C17H17Cl2NO. The van der Waals surface area contributed by atoms with Crippen LogP contribution in [0.5, 0.6) is 0 Å². The van der Waals surface area contributed by atoms with Gasteiger partial charge < -0.3 is 4.90 Å². The van der Waals surface area contributed by atoms with E-state index in [1.54, 1.807) is 12.1 Å². The molecule has 0 atom stereocenters. The topological polar surface area (TPSA) is 20.3 Å². The summed E-state index contributed by atoms with van der Waals surface area (Å²) in [5.41, 5.74) is 2.15. The number of halogens is 2. The molecule has 0 saturated heterocycles. The summed E-state index contributed by atoms with van der Waals surface area (Å²) in [5, 5.41) is 0.559. The number of nitrogens with zero attached hydrogens (tertiary/aromatic N) is 1. The second-order valence-corrected chi connectivity index (χ2v) is 5.64. The maximum absolute atomic E-state index is 12.7. The van der Waals surface area contributed by atoms with Gasteiger partial charge >= 0.3 is 0 Å². The quantitative estimate of drug-likeness (QED) is 0.570. The van der Waals surface area contributed by atoms with Crippen LogP contribution in [0.4, 0.5) is 5.69 Å². The van der Waals surface area contributed by atoms with Crippen LogP contribution in [0.25, 0.3) is 0 Å². The Morgan fingerprint density at radius 3 is 2.52 bits per heavy atom. The van der Waals surface area contributed by atoms with Crippen molar-refractivity contribution in [3.05, 3.63) is 64.7 Å². The van der Waals surface area contributed by atoms with Gasteiger partial charge in [0.25, 0.3) is 0 Å². The number of benzene rings is 2. The molecule has 0 aliphatic carbocycles. The van der Waals surface area contributed by atoms with Gasteiger partial charge in [0.05, 0.1) is 0 Å². The van der Waals surface area contributed by atoms with Crippen LogP contribution in [-0.4, -0.2) is 25.3 Å². The molecule has 0 saturated carbocycles. The smallest absolute Gasteiger partial charge is 0.195 e. The van der Waals surface area contributed by atoms with Crippen molar-refractivity contribution in [1.29, 1.82) is 0 Å². The second-order valence-electron chi connectivity index (χ2n) is 4.82. The maximum Gasteiger partial charge on any atom is 0.195 e. The molecule has 0 heterocycles. The summed E-state index contributed by atoms with van der Waals surface area (Å²) in [6, 6.07) is 14.6. The minimum Gasteiger partial charge on any atom is -0.374 e. The van der Waals surface area contributed by atoms with Crippen molar-refractivity contribution in [2.75, 3.05) is 24.4 Å². The van der Waals surface area contributed by atoms with Crippen molar-refractivity contribution >= 4 is 34.7 Å². The van der Waals surface area contributed by atoms with Crippen molar-refractivity contribution < 1.29 is 4.79 Å². The second kappa shape index (κ2) is 7.48. The van der Waals surface area contributed by atoms with Crippen LogP contribution in [0.3, 0.4) is 0 Å². The molecule has 2 nitrogen and oxygen atoms in total. The Hall–Kier alpha value is -1.51. The van der Waals surface area contributed by atoms with Crippen molar-refractivity contribution in [3.63, 3.8) is 0 Å². The van der Waals surface area contributed by atoms with Crippen molar-refractivity contribution in [3.8, 4) is 0 Å². The Balaban J connectivity index is 2.37. The summed E-state index contributed by atoms with van der Waals surface area (Å²) >= 11 is 11.8. The molecule has 2 rings (SSSR count). The highest BCUT2D eigenvalue weighted by Crippen LogP contribution is 2.26. The third kappa shape index (κ3) is 3.99. The fourth-order valence-electron chi connectivity index (χ4n) is 2.19. The number of carbonyl (C=O) groups is 1. The average Bonchev–Trinajstić information content (AvgIpc) is 2.52. The highest BCUT2D eigenvalue weighted by atomic mass is 35.5. The van der Waals surface area contributed by atoms with Crippen LogP contribution >= 0.6 is 23.2 Å². The normalized spacial score (nSPS) is 10.4. The number of rotatable bonds is 6. The molecule has 21 heavy (non-hydrogen) atoms. The van der Waals surface area contributed by atoms with Crippen LogP contribution < -0.4 is 4.90 Å². The summed E-state index contributed by atoms with van der Waals surface area (Å²) < 4.78 is 0. The summed E-state index contributed by atoms with van der Waals surface area (Å²) in [5.74, 6) is 0.575. The number of hydrogen-bond acceptors (Lipinski definition) is 2. The molecule has 0 fully saturated rings. The Labute approximate surface area is 135 Å². The Morgan fingerprint density at radius 1 is 1.14 bits per heavy atom. The van der Waals surface area contributed by atoms with E-state index in [-0.39, 0.29) is 5.78 Å². The predicted octanol–water partition coefficient (Wildman–Crippen LogP) is 4.64. The molecule has 0 spiro atoms. The van der Waals surface area contributed by atoms with Gasteiger partial charge in [-0.15, -0.1) is 11.6 Å². The van der Waals surface area contributed by atoms with Crippen LogP contribution in [0, 0.1) is 0 Å². The van der Waals surface area contributed by atoms with Gasteiger partial charge in [0.1, 0.15) is 0 Å². The molecule has 0 unspecified atom stereocenters. The van der Waals surface area contributed by atoms with E-state index in [1.165, 1.54) is 0 Å². The van der Waals surface area contributed by atoms with Gasteiger partial charge in [0, 0.05) is 41.3 Å². The third-order valence-electron chi connectivity index (χ3n) is 3.28. The largest absolute Gasteiger partial charge is 0.374 e. The fraction of sp³-hybridized carbons (Fsp3) is 0.235. The van der Waals surface area contributed by atoms with Gasteiger partial charge in [0.2, 0.25) is 0 Å². The molecule has 2 aromatic rings. The van der Waals surface area contributed by atoms with E-state index in [0.29, 0.717) is 22.0 Å². The molecule has 0 bridgehead atoms. The minimum absolute atomic E-state index is 0.0224. The fourth-order valence-corrected chi connectivity index (χ4v) is 2.48. The highest BCUT2D eigenvalue weighted by Gasteiger charge is 2.16. The first-order valence-electron chi connectivity index (χ1n) is 6.80. The zero-order valence-electron chi connectivity index (χ0n) is 11.9. The lowest BCUT2D eigenvalue weighted by molar-refractivity contribution is 0.103. The van der Waals surface area contributed by atoms with Gasteiger partial charge in [-0.3, -0.25) is 4.79 Å². The standard InChI is InChI=1S/C17H17Cl2NO/c1-20(11-5-10-18)16-9-8-14(19)12-15(16)17(21)13-6-3-2-4-7-13/h2-4,6-9,12H,5,10-11H2,1H3. The monoisotopic (exact) mass is 321 g/mol. The predicted molar refractivity (Wildman–Crippen MR) is 89.9 cm³/mol. The molecule has 0 radical (unpaired) electrons. The van der Waals surface area contributed by atoms with Gasteiger partial charge in [-0.05, 0) is 24.6 Å². The first-order valence-corrected chi connectivity index (χ1v) is 7.71. The first-order chi connectivity index (χ1) is 10.1. The van der Waals surface area contributed by atoms with Crippen LogP contribution in [0.15, 0.2) is 48.5 Å². The number of carbonyl (C=O) groups excluding carboxylic acids is 1. The van der Waals surface area contributed by atoms with E-state index in [9.17, 15) is 4.79 Å². The van der Waals surface area contributed by atoms with Crippen molar-refractivity contribution in [2.45, 2.75) is 6.42 Å². The number of alkyl halides is 1. The molecule has 110 valence electrons. The SMILES string of the molecule is CN(CCCCl)c1ccc(Cl)cc1C(=O)c1ccccc1. The van der Waals surface area contributed by atoms with Gasteiger partial charge in [-0.1, -0.05) is 41.9 Å². The summed E-state index contributed by atoms with van der Waals surface area (Å²) in [7, 11) is 1.96. The molecule has 0 aromatic heterocycles. The van der Waals surface area contributed by atoms with E-state index in [2.05, 4.69) is 0 Å². The van der Waals surface area contributed by atoms with Gasteiger partial charge in [-0.25, -0.2) is 0 Å².